The Morgan fingerprint density at radius 2 is 1.78 bits per heavy atom. The van der Waals surface area contributed by atoms with E-state index in [4.69, 9.17) is 0 Å². The van der Waals surface area contributed by atoms with E-state index in [1.807, 2.05) is 24.4 Å². The molecule has 2 aromatic carbocycles. The first kappa shape index (κ1) is 17.6. The second-order valence-corrected chi connectivity index (χ2v) is 7.21. The number of aromatic nitrogens is 2. The van der Waals surface area contributed by atoms with Gasteiger partial charge in [0.15, 0.2) is 5.78 Å². The van der Waals surface area contributed by atoms with Gasteiger partial charge >= 0.3 is 0 Å². The molecule has 0 bridgehead atoms. The molecule has 0 saturated carbocycles. The van der Waals surface area contributed by atoms with Gasteiger partial charge in [-0.1, -0.05) is 30.3 Å². The van der Waals surface area contributed by atoms with Crippen LogP contribution in [0.4, 0.5) is 4.39 Å². The monoisotopic (exact) mass is 364 g/mol. The predicted octanol–water partition coefficient (Wildman–Crippen LogP) is 2.89. The van der Waals surface area contributed by atoms with Gasteiger partial charge in [0.1, 0.15) is 12.4 Å². The summed E-state index contributed by atoms with van der Waals surface area (Å²) in [5.41, 5.74) is 4.05. The van der Waals surface area contributed by atoms with Gasteiger partial charge in [0.2, 0.25) is 0 Å². The van der Waals surface area contributed by atoms with Crippen LogP contribution in [0.25, 0.3) is 11.3 Å². The second kappa shape index (κ2) is 7.84. The minimum Gasteiger partial charge on any atom is -0.331 e. The lowest BCUT2D eigenvalue weighted by Gasteiger charge is -2.28. The fourth-order valence-electron chi connectivity index (χ4n) is 3.88. The van der Waals surface area contributed by atoms with Gasteiger partial charge in [-0.15, -0.1) is 0 Å². The number of likely N-dealkylation sites (tertiary alicyclic amines) is 1. The normalized spacial score (nSPS) is 19.7. The van der Waals surface area contributed by atoms with Crippen LogP contribution in [0.1, 0.15) is 28.8 Å². The van der Waals surface area contributed by atoms with Gasteiger partial charge in [0, 0.05) is 29.9 Å². The van der Waals surface area contributed by atoms with Crippen molar-refractivity contribution < 1.29 is 14.1 Å². The van der Waals surface area contributed by atoms with E-state index in [-0.39, 0.29) is 17.5 Å². The van der Waals surface area contributed by atoms with Crippen LogP contribution in [0.2, 0.25) is 0 Å². The summed E-state index contributed by atoms with van der Waals surface area (Å²) in [7, 11) is 0. The number of nitrogens with zero attached hydrogens (tertiary/aromatic N) is 1. The molecule has 3 aromatic rings. The number of Topliss-reactive ketones (excluding diaryl/α,β-unsaturated/α-hetero) is 1. The summed E-state index contributed by atoms with van der Waals surface area (Å²) in [6, 6.07) is 16.1. The first-order valence-corrected chi connectivity index (χ1v) is 9.42. The summed E-state index contributed by atoms with van der Waals surface area (Å²) < 4.78 is 13.1. The molecule has 0 amide bonds. The third-order valence-electron chi connectivity index (χ3n) is 5.41. The van der Waals surface area contributed by atoms with E-state index in [2.05, 4.69) is 22.3 Å². The van der Waals surface area contributed by atoms with E-state index < -0.39 is 0 Å². The molecular weight excluding hydrogens is 341 g/mol. The van der Waals surface area contributed by atoms with Crippen molar-refractivity contribution in [2.75, 3.05) is 13.1 Å². The molecule has 0 radical (unpaired) electrons. The Morgan fingerprint density at radius 3 is 2.48 bits per heavy atom. The topological polar surface area (TPSA) is 50.2 Å². The molecule has 27 heavy (non-hydrogen) atoms. The molecule has 5 heteroatoms. The Hall–Kier alpha value is -2.79. The number of carbonyl (C=O) groups excluding carboxylic acids is 1. The number of hydrogen-bond acceptors (Lipinski definition) is 2. The summed E-state index contributed by atoms with van der Waals surface area (Å²) in [6.45, 7) is 2.81. The van der Waals surface area contributed by atoms with Gasteiger partial charge in [0.05, 0.1) is 30.5 Å². The molecule has 1 saturated heterocycles. The predicted molar refractivity (Wildman–Crippen MR) is 102 cm³/mol. The van der Waals surface area contributed by atoms with E-state index in [9.17, 15) is 9.18 Å². The number of H-pyrrole nitrogens is 1. The van der Waals surface area contributed by atoms with Crippen molar-refractivity contribution in [2.45, 2.75) is 19.4 Å². The van der Waals surface area contributed by atoms with Gasteiger partial charge in [0.25, 0.3) is 0 Å². The molecule has 1 fully saturated rings. The summed E-state index contributed by atoms with van der Waals surface area (Å²) in [5.74, 6) is -0.125. The zero-order valence-corrected chi connectivity index (χ0v) is 15.1. The number of hydrogen-bond donors (Lipinski definition) is 2. The summed E-state index contributed by atoms with van der Waals surface area (Å²) in [6.07, 6.45) is 3.64. The molecule has 0 spiro atoms. The Balaban J connectivity index is 1.37. The van der Waals surface area contributed by atoms with Gasteiger partial charge < -0.3 is 4.90 Å². The fraction of sp³-hybridized carbons (Fsp3) is 0.273. The molecule has 1 aliphatic rings. The molecule has 1 aliphatic heterocycles. The number of nitrogens with one attached hydrogen (secondary N) is 2. The van der Waals surface area contributed by atoms with E-state index in [1.54, 1.807) is 12.1 Å². The number of benzene rings is 2. The van der Waals surface area contributed by atoms with Crippen LogP contribution in [0.5, 0.6) is 0 Å². The number of aromatic amines is 1. The molecule has 4 nitrogen and oxygen atoms in total. The molecule has 2 N–H and O–H groups in total. The number of rotatable bonds is 5. The highest BCUT2D eigenvalue weighted by molar-refractivity contribution is 5.97. The molecule has 0 atom stereocenters. The SMILES string of the molecule is O=C(c1ccc(F)cc1)C1CC[NH+](Cc2cn[nH]c2-c2ccccc2)CC1. The largest absolute Gasteiger partial charge is 0.331 e. The van der Waals surface area contributed by atoms with Crippen LogP contribution in [0.3, 0.4) is 0 Å². The minimum atomic E-state index is -0.305. The van der Waals surface area contributed by atoms with Gasteiger partial charge in [-0.2, -0.15) is 5.10 Å². The average molecular weight is 364 g/mol. The molecule has 2 heterocycles. The van der Waals surface area contributed by atoms with Crippen molar-refractivity contribution in [3.8, 4) is 11.3 Å². The van der Waals surface area contributed by atoms with Crippen LogP contribution in [0, 0.1) is 11.7 Å². The van der Waals surface area contributed by atoms with Crippen molar-refractivity contribution in [1.29, 1.82) is 0 Å². The first-order valence-electron chi connectivity index (χ1n) is 9.42. The van der Waals surface area contributed by atoms with E-state index >= 15 is 0 Å². The summed E-state index contributed by atoms with van der Waals surface area (Å²) in [4.78, 5) is 14.1. The lowest BCUT2D eigenvalue weighted by atomic mass is 9.88. The van der Waals surface area contributed by atoms with Crippen molar-refractivity contribution >= 4 is 5.78 Å². The van der Waals surface area contributed by atoms with E-state index in [1.165, 1.54) is 22.6 Å². The van der Waals surface area contributed by atoms with Crippen molar-refractivity contribution in [3.05, 3.63) is 77.7 Å². The molecule has 0 unspecified atom stereocenters. The smallest absolute Gasteiger partial charge is 0.166 e. The minimum absolute atomic E-state index is 0.0390. The number of ketones is 1. The number of piperidine rings is 1. The third-order valence-corrected chi connectivity index (χ3v) is 5.41. The van der Waals surface area contributed by atoms with E-state index in [0.717, 1.165) is 43.7 Å². The highest BCUT2D eigenvalue weighted by Crippen LogP contribution is 2.21. The van der Waals surface area contributed by atoms with Crippen LogP contribution < -0.4 is 4.90 Å². The quantitative estimate of drug-likeness (QED) is 0.684. The van der Waals surface area contributed by atoms with Crippen molar-refractivity contribution in [1.82, 2.24) is 10.2 Å². The van der Waals surface area contributed by atoms with Gasteiger partial charge in [-0.05, 0) is 24.3 Å². The van der Waals surface area contributed by atoms with Gasteiger partial charge in [-0.25, -0.2) is 4.39 Å². The first-order chi connectivity index (χ1) is 13.2. The Morgan fingerprint density at radius 1 is 1.07 bits per heavy atom. The molecule has 138 valence electrons. The lowest BCUT2D eigenvalue weighted by Crippen LogP contribution is -3.11. The lowest BCUT2D eigenvalue weighted by molar-refractivity contribution is -0.919. The Kier molecular flexibility index (Phi) is 5.12. The third kappa shape index (κ3) is 3.98. The summed E-state index contributed by atoms with van der Waals surface area (Å²) in [5, 5.41) is 7.35. The maximum Gasteiger partial charge on any atom is 0.166 e. The molecule has 0 aliphatic carbocycles. The van der Waals surface area contributed by atoms with Gasteiger partial charge in [-0.3, -0.25) is 9.89 Å². The average Bonchev–Trinajstić information content (AvgIpc) is 3.17. The highest BCUT2D eigenvalue weighted by Gasteiger charge is 2.28. The van der Waals surface area contributed by atoms with E-state index in [0.29, 0.717) is 5.56 Å². The van der Waals surface area contributed by atoms with Crippen LogP contribution in [0.15, 0.2) is 60.8 Å². The Labute approximate surface area is 158 Å². The number of carbonyl (C=O) groups is 1. The maximum atomic E-state index is 13.1. The second-order valence-electron chi connectivity index (χ2n) is 7.21. The molecule has 1 aromatic heterocycles. The summed E-state index contributed by atoms with van der Waals surface area (Å²) >= 11 is 0. The molecule has 4 rings (SSSR count). The standard InChI is InChI=1S/C22H22FN3O/c23-20-8-6-17(7-9-20)22(27)18-10-12-26(13-11-18)15-19-14-24-25-21(19)16-4-2-1-3-5-16/h1-9,14,18H,10-13,15H2,(H,24,25)/p+1. The van der Waals surface area contributed by atoms with Crippen molar-refractivity contribution in [2.24, 2.45) is 5.92 Å². The zero-order chi connectivity index (χ0) is 18.6. The highest BCUT2D eigenvalue weighted by atomic mass is 19.1. The zero-order valence-electron chi connectivity index (χ0n) is 15.1. The fourth-order valence-corrected chi connectivity index (χ4v) is 3.88. The number of halogens is 1. The van der Waals surface area contributed by atoms with Crippen LogP contribution in [-0.2, 0) is 6.54 Å². The van der Waals surface area contributed by atoms with Crippen molar-refractivity contribution in [3.63, 3.8) is 0 Å². The van der Waals surface area contributed by atoms with Crippen LogP contribution >= 0.6 is 0 Å². The van der Waals surface area contributed by atoms with Crippen LogP contribution in [-0.4, -0.2) is 29.1 Å². The Bertz CT molecular complexity index is 897. The maximum absolute atomic E-state index is 13.1. The molecular formula is C22H23FN3O+. The number of quaternary nitrogens is 1.